The van der Waals surface area contributed by atoms with Crippen molar-refractivity contribution in [3.05, 3.63) is 89.2 Å². The molecule has 0 saturated heterocycles. The smallest absolute Gasteiger partial charge is 0.261 e. The van der Waals surface area contributed by atoms with Gasteiger partial charge in [0, 0.05) is 30.2 Å². The van der Waals surface area contributed by atoms with Crippen LogP contribution in [0, 0.1) is 13.8 Å². The van der Waals surface area contributed by atoms with Crippen molar-refractivity contribution in [1.29, 1.82) is 0 Å². The van der Waals surface area contributed by atoms with E-state index in [2.05, 4.69) is 15.0 Å². The lowest BCUT2D eigenvalue weighted by Gasteiger charge is -2.10. The number of sulfonamides is 1. The number of nitrogens with zero attached hydrogens (tertiary/aromatic N) is 1. The molecule has 0 aliphatic carbocycles. The minimum Gasteiger partial charge on any atom is -0.348 e. The van der Waals surface area contributed by atoms with Gasteiger partial charge in [-0.1, -0.05) is 12.1 Å². The number of carbonyl (C=O) groups excluding carboxylic acids is 1. The summed E-state index contributed by atoms with van der Waals surface area (Å²) < 4.78 is 27.8. The van der Waals surface area contributed by atoms with Gasteiger partial charge >= 0.3 is 0 Å². The number of aromatic nitrogens is 1. The molecule has 28 heavy (non-hydrogen) atoms. The summed E-state index contributed by atoms with van der Waals surface area (Å²) in [6, 6.07) is 15.0. The lowest BCUT2D eigenvalue weighted by atomic mass is 10.1. The van der Waals surface area contributed by atoms with E-state index in [9.17, 15) is 13.2 Å². The second-order valence-electron chi connectivity index (χ2n) is 6.55. The third-order valence-electron chi connectivity index (χ3n) is 4.08. The monoisotopic (exact) mass is 395 g/mol. The van der Waals surface area contributed by atoms with Gasteiger partial charge in [-0.25, -0.2) is 8.42 Å². The molecule has 2 N–H and O–H groups in total. The maximum atomic E-state index is 12.6. The first-order valence-corrected chi connectivity index (χ1v) is 10.2. The van der Waals surface area contributed by atoms with Crippen molar-refractivity contribution in [3.8, 4) is 0 Å². The largest absolute Gasteiger partial charge is 0.348 e. The van der Waals surface area contributed by atoms with Gasteiger partial charge in [-0.15, -0.1) is 0 Å². The standard InChI is InChI=1S/C21H21N3O3S/c1-15-10-16(2)12-19(11-15)24-28(26,27)20-7-5-18(6-8-20)21(25)23-14-17-4-3-9-22-13-17/h3-13,24H,14H2,1-2H3,(H,23,25). The second kappa shape index (κ2) is 8.22. The molecule has 6 nitrogen and oxygen atoms in total. The maximum absolute atomic E-state index is 12.6. The van der Waals surface area contributed by atoms with Crippen LogP contribution in [-0.2, 0) is 16.6 Å². The minimum absolute atomic E-state index is 0.0930. The van der Waals surface area contributed by atoms with Gasteiger partial charge in [0.2, 0.25) is 0 Å². The molecule has 2 aromatic carbocycles. The van der Waals surface area contributed by atoms with Gasteiger partial charge in [0.15, 0.2) is 0 Å². The van der Waals surface area contributed by atoms with Gasteiger partial charge in [0.05, 0.1) is 4.90 Å². The van der Waals surface area contributed by atoms with Gasteiger partial charge in [-0.3, -0.25) is 14.5 Å². The molecule has 0 spiro atoms. The average molecular weight is 395 g/mol. The number of carbonyl (C=O) groups is 1. The average Bonchev–Trinajstić information content (AvgIpc) is 2.66. The lowest BCUT2D eigenvalue weighted by molar-refractivity contribution is 0.0951. The molecule has 3 aromatic rings. The van der Waals surface area contributed by atoms with E-state index in [1.807, 2.05) is 26.0 Å². The number of rotatable bonds is 6. The zero-order valence-corrected chi connectivity index (χ0v) is 16.5. The van der Waals surface area contributed by atoms with Crippen molar-refractivity contribution in [2.45, 2.75) is 25.3 Å². The molecule has 0 radical (unpaired) electrons. The number of nitrogens with one attached hydrogen (secondary N) is 2. The van der Waals surface area contributed by atoms with Crippen molar-refractivity contribution in [3.63, 3.8) is 0 Å². The number of pyridine rings is 1. The maximum Gasteiger partial charge on any atom is 0.261 e. The summed E-state index contributed by atoms with van der Waals surface area (Å²) >= 11 is 0. The number of anilines is 1. The Bertz CT molecular complexity index is 1060. The molecule has 1 aromatic heterocycles. The molecule has 3 rings (SSSR count). The molecule has 0 aliphatic heterocycles. The SMILES string of the molecule is Cc1cc(C)cc(NS(=O)(=O)c2ccc(C(=O)NCc3cccnc3)cc2)c1. The quantitative estimate of drug-likeness (QED) is 0.669. The van der Waals surface area contributed by atoms with Gasteiger partial charge in [-0.2, -0.15) is 0 Å². The fraction of sp³-hybridized carbons (Fsp3) is 0.143. The number of hydrogen-bond donors (Lipinski definition) is 2. The van der Waals surface area contributed by atoms with Crippen LogP contribution < -0.4 is 10.0 Å². The van der Waals surface area contributed by atoms with E-state index in [0.717, 1.165) is 16.7 Å². The van der Waals surface area contributed by atoms with E-state index in [-0.39, 0.29) is 10.8 Å². The molecule has 0 unspecified atom stereocenters. The van der Waals surface area contributed by atoms with E-state index in [1.54, 1.807) is 30.6 Å². The van der Waals surface area contributed by atoms with E-state index >= 15 is 0 Å². The topological polar surface area (TPSA) is 88.2 Å². The van der Waals surface area contributed by atoms with Gasteiger partial charge < -0.3 is 5.32 Å². The van der Waals surface area contributed by atoms with Crippen LogP contribution in [0.5, 0.6) is 0 Å². The van der Waals surface area contributed by atoms with Crippen LogP contribution in [0.25, 0.3) is 0 Å². The fourth-order valence-corrected chi connectivity index (χ4v) is 3.86. The Morgan fingerprint density at radius 2 is 1.68 bits per heavy atom. The summed E-state index contributed by atoms with van der Waals surface area (Å²) in [5, 5.41) is 2.78. The summed E-state index contributed by atoms with van der Waals surface area (Å²) in [6.07, 6.45) is 3.34. The van der Waals surface area contributed by atoms with Crippen LogP contribution in [0.3, 0.4) is 0 Å². The molecular formula is C21H21N3O3S. The van der Waals surface area contributed by atoms with Gasteiger partial charge in [0.25, 0.3) is 15.9 Å². The Morgan fingerprint density at radius 3 is 2.29 bits per heavy atom. The van der Waals surface area contributed by atoms with Crippen LogP contribution in [0.4, 0.5) is 5.69 Å². The first-order chi connectivity index (χ1) is 13.3. The molecule has 1 heterocycles. The third-order valence-corrected chi connectivity index (χ3v) is 5.47. The summed E-state index contributed by atoms with van der Waals surface area (Å²) in [7, 11) is -3.73. The normalized spacial score (nSPS) is 11.1. The Hall–Kier alpha value is -3.19. The first kappa shape index (κ1) is 19.6. The number of benzene rings is 2. The van der Waals surface area contributed by atoms with Crippen LogP contribution in [0.15, 0.2) is 71.9 Å². The van der Waals surface area contributed by atoms with Crippen LogP contribution in [0.2, 0.25) is 0 Å². The first-order valence-electron chi connectivity index (χ1n) is 8.72. The molecule has 7 heteroatoms. The van der Waals surface area contributed by atoms with Crippen molar-refractivity contribution in [2.24, 2.45) is 0 Å². The van der Waals surface area contributed by atoms with E-state index in [1.165, 1.54) is 24.3 Å². The summed E-state index contributed by atoms with van der Waals surface area (Å²) in [4.78, 5) is 16.3. The second-order valence-corrected chi connectivity index (χ2v) is 8.23. The molecule has 0 saturated carbocycles. The highest BCUT2D eigenvalue weighted by Crippen LogP contribution is 2.19. The van der Waals surface area contributed by atoms with Gasteiger partial charge in [-0.05, 0) is 73.0 Å². The zero-order chi connectivity index (χ0) is 20.1. The molecule has 144 valence electrons. The fourth-order valence-electron chi connectivity index (χ4n) is 2.82. The predicted octanol–water partition coefficient (Wildman–Crippen LogP) is 3.43. The third kappa shape index (κ3) is 4.95. The van der Waals surface area contributed by atoms with Crippen molar-refractivity contribution >= 4 is 21.6 Å². The number of hydrogen-bond acceptors (Lipinski definition) is 4. The Labute approximate surface area is 164 Å². The molecule has 0 fully saturated rings. The summed E-state index contributed by atoms with van der Waals surface area (Å²) in [5.41, 5.74) is 3.72. The Kier molecular flexibility index (Phi) is 5.75. The summed E-state index contributed by atoms with van der Waals surface area (Å²) in [6.45, 7) is 4.16. The zero-order valence-electron chi connectivity index (χ0n) is 15.6. The van der Waals surface area contributed by atoms with Crippen LogP contribution >= 0.6 is 0 Å². The van der Waals surface area contributed by atoms with Crippen LogP contribution in [0.1, 0.15) is 27.0 Å². The van der Waals surface area contributed by atoms with Crippen molar-refractivity contribution in [2.75, 3.05) is 4.72 Å². The van der Waals surface area contributed by atoms with E-state index in [4.69, 9.17) is 0 Å². The molecule has 0 aliphatic rings. The van der Waals surface area contributed by atoms with Crippen molar-refractivity contribution in [1.82, 2.24) is 10.3 Å². The highest BCUT2D eigenvalue weighted by Gasteiger charge is 2.15. The Morgan fingerprint density at radius 1 is 1.00 bits per heavy atom. The lowest BCUT2D eigenvalue weighted by Crippen LogP contribution is -2.23. The highest BCUT2D eigenvalue weighted by molar-refractivity contribution is 7.92. The number of amides is 1. The minimum atomic E-state index is -3.73. The molecule has 1 amide bonds. The highest BCUT2D eigenvalue weighted by atomic mass is 32.2. The van der Waals surface area contributed by atoms with E-state index in [0.29, 0.717) is 17.8 Å². The molecule has 0 atom stereocenters. The van der Waals surface area contributed by atoms with Crippen LogP contribution in [-0.4, -0.2) is 19.3 Å². The predicted molar refractivity (Wildman–Crippen MR) is 109 cm³/mol. The van der Waals surface area contributed by atoms with Crippen molar-refractivity contribution < 1.29 is 13.2 Å². The Balaban J connectivity index is 1.69. The number of aryl methyl sites for hydroxylation is 2. The van der Waals surface area contributed by atoms with Gasteiger partial charge in [0.1, 0.15) is 0 Å². The molecular weight excluding hydrogens is 374 g/mol. The molecule has 0 bridgehead atoms. The summed E-state index contributed by atoms with van der Waals surface area (Å²) in [5.74, 6) is -0.282. The van der Waals surface area contributed by atoms with E-state index < -0.39 is 10.0 Å².